The quantitative estimate of drug-likeness (QED) is 0.813. The Balaban J connectivity index is 1.72. The molecule has 7 heteroatoms. The van der Waals surface area contributed by atoms with Crippen molar-refractivity contribution in [3.63, 3.8) is 0 Å². The van der Waals surface area contributed by atoms with E-state index in [-0.39, 0.29) is 11.9 Å². The number of halogens is 1. The van der Waals surface area contributed by atoms with Crippen LogP contribution < -0.4 is 5.32 Å². The maximum Gasteiger partial charge on any atom is 0.375 e. The van der Waals surface area contributed by atoms with Gasteiger partial charge in [0.05, 0.1) is 12.4 Å². The second kappa shape index (κ2) is 7.94. The van der Waals surface area contributed by atoms with E-state index in [2.05, 4.69) is 5.32 Å². The minimum absolute atomic E-state index is 0.0148. The molecule has 1 saturated heterocycles. The Hall–Kier alpha value is -2.67. The highest BCUT2D eigenvalue weighted by Crippen LogP contribution is 2.21. The van der Waals surface area contributed by atoms with Crippen LogP contribution in [0.4, 0.5) is 4.39 Å². The molecule has 2 heterocycles. The van der Waals surface area contributed by atoms with Crippen molar-refractivity contribution in [1.82, 2.24) is 5.32 Å². The van der Waals surface area contributed by atoms with E-state index in [1.807, 2.05) is 0 Å². The predicted molar refractivity (Wildman–Crippen MR) is 85.2 cm³/mol. The van der Waals surface area contributed by atoms with E-state index in [1.165, 1.54) is 36.6 Å². The van der Waals surface area contributed by atoms with E-state index < -0.39 is 23.8 Å². The third-order valence-corrected chi connectivity index (χ3v) is 3.89. The van der Waals surface area contributed by atoms with Crippen LogP contribution >= 0.6 is 0 Å². The molecule has 1 aromatic carbocycles. The van der Waals surface area contributed by atoms with E-state index in [0.717, 1.165) is 12.8 Å². The van der Waals surface area contributed by atoms with Gasteiger partial charge in [-0.1, -0.05) is 12.1 Å². The first-order chi connectivity index (χ1) is 12.1. The first-order valence-electron chi connectivity index (χ1n) is 8.03. The van der Waals surface area contributed by atoms with Crippen LogP contribution in [0.2, 0.25) is 0 Å². The first-order valence-corrected chi connectivity index (χ1v) is 8.03. The lowest BCUT2D eigenvalue weighted by atomic mass is 10.1. The lowest BCUT2D eigenvalue weighted by molar-refractivity contribution is -0.130. The van der Waals surface area contributed by atoms with E-state index in [9.17, 15) is 14.0 Å². The number of hydrogen-bond acceptors (Lipinski definition) is 5. The maximum atomic E-state index is 13.1. The second-order valence-corrected chi connectivity index (χ2v) is 5.69. The van der Waals surface area contributed by atoms with Crippen LogP contribution in [-0.2, 0) is 14.3 Å². The zero-order valence-electron chi connectivity index (χ0n) is 13.4. The number of ether oxygens (including phenoxy) is 2. The van der Waals surface area contributed by atoms with Crippen LogP contribution in [-0.4, -0.2) is 31.1 Å². The fourth-order valence-corrected chi connectivity index (χ4v) is 2.58. The molecule has 2 aromatic rings. The molecule has 3 rings (SSSR count). The van der Waals surface area contributed by atoms with Gasteiger partial charge in [-0.05, 0) is 37.1 Å². The highest BCUT2D eigenvalue weighted by atomic mass is 19.1. The summed E-state index contributed by atoms with van der Waals surface area (Å²) < 4.78 is 28.9. The molecule has 0 aliphatic carbocycles. The molecule has 132 valence electrons. The lowest BCUT2D eigenvalue weighted by Gasteiger charge is -2.19. The lowest BCUT2D eigenvalue weighted by Crippen LogP contribution is -2.37. The average molecular weight is 347 g/mol. The molecule has 1 aromatic heterocycles. The fourth-order valence-electron chi connectivity index (χ4n) is 2.58. The Morgan fingerprint density at radius 3 is 2.72 bits per heavy atom. The third-order valence-electron chi connectivity index (χ3n) is 3.89. The Morgan fingerprint density at radius 1 is 1.28 bits per heavy atom. The number of carbonyl (C=O) groups excluding carboxylic acids is 2. The summed E-state index contributed by atoms with van der Waals surface area (Å²) in [4.78, 5) is 24.6. The summed E-state index contributed by atoms with van der Waals surface area (Å²) in [5.41, 5.74) is 0.367. The predicted octanol–water partition coefficient (Wildman–Crippen LogP) is 2.61. The minimum Gasteiger partial charge on any atom is -0.457 e. The molecule has 1 N–H and O–H groups in total. The molecule has 1 aliphatic heterocycles. The summed E-state index contributed by atoms with van der Waals surface area (Å²) in [6.45, 7) is 1.00. The molecule has 2 atom stereocenters. The van der Waals surface area contributed by atoms with Crippen molar-refractivity contribution in [3.05, 3.63) is 59.8 Å². The molecule has 25 heavy (non-hydrogen) atoms. The van der Waals surface area contributed by atoms with Gasteiger partial charge in [0, 0.05) is 18.7 Å². The second-order valence-electron chi connectivity index (χ2n) is 5.69. The van der Waals surface area contributed by atoms with Crippen molar-refractivity contribution in [1.29, 1.82) is 0 Å². The van der Waals surface area contributed by atoms with Gasteiger partial charge in [0.25, 0.3) is 5.91 Å². The Kier molecular flexibility index (Phi) is 5.45. The summed E-state index contributed by atoms with van der Waals surface area (Å²) in [7, 11) is 0. The number of rotatable bonds is 6. The van der Waals surface area contributed by atoms with Gasteiger partial charge in [0.2, 0.25) is 11.9 Å². The van der Waals surface area contributed by atoms with Gasteiger partial charge in [0.1, 0.15) is 5.82 Å². The van der Waals surface area contributed by atoms with Crippen molar-refractivity contribution < 1.29 is 27.9 Å². The van der Waals surface area contributed by atoms with Crippen LogP contribution in [0.25, 0.3) is 0 Å². The third kappa shape index (κ3) is 4.45. The maximum absolute atomic E-state index is 13.1. The van der Waals surface area contributed by atoms with Crippen LogP contribution in [0.5, 0.6) is 0 Å². The van der Waals surface area contributed by atoms with Crippen molar-refractivity contribution in [2.24, 2.45) is 0 Å². The van der Waals surface area contributed by atoms with Gasteiger partial charge < -0.3 is 19.2 Å². The fraction of sp³-hybridized carbons (Fsp3) is 0.333. The summed E-state index contributed by atoms with van der Waals surface area (Å²) in [6, 6.07) is 8.20. The van der Waals surface area contributed by atoms with Crippen molar-refractivity contribution in [2.75, 3.05) is 13.2 Å². The normalized spacial score (nSPS) is 17.9. The van der Waals surface area contributed by atoms with Gasteiger partial charge in [-0.15, -0.1) is 0 Å². The molecule has 1 fully saturated rings. The smallest absolute Gasteiger partial charge is 0.375 e. The number of furan rings is 1. The van der Waals surface area contributed by atoms with Crippen molar-refractivity contribution in [2.45, 2.75) is 25.0 Å². The van der Waals surface area contributed by atoms with Gasteiger partial charge in [-0.2, -0.15) is 0 Å². The molecule has 0 radical (unpaired) electrons. The number of carbonyl (C=O) groups is 2. The summed E-state index contributed by atoms with van der Waals surface area (Å²) in [6.07, 6.45) is 1.91. The van der Waals surface area contributed by atoms with Crippen LogP contribution in [0.1, 0.15) is 35.1 Å². The molecule has 0 bridgehead atoms. The molecule has 0 unspecified atom stereocenters. The number of hydrogen-bond donors (Lipinski definition) is 1. The SMILES string of the molecule is O=C(O[C@H](C(=O)NC[C@H]1CCCO1)c1ccc(F)cc1)c1ccco1. The van der Waals surface area contributed by atoms with Crippen LogP contribution in [0, 0.1) is 5.82 Å². The summed E-state index contributed by atoms with van der Waals surface area (Å²) in [5.74, 6) is -1.73. The van der Waals surface area contributed by atoms with Crippen molar-refractivity contribution in [3.8, 4) is 0 Å². The molecular formula is C18H18FNO5. The Bertz CT molecular complexity index is 708. The van der Waals surface area contributed by atoms with Crippen LogP contribution in [0.3, 0.4) is 0 Å². The highest BCUT2D eigenvalue weighted by molar-refractivity contribution is 5.90. The zero-order chi connectivity index (χ0) is 17.6. The van der Waals surface area contributed by atoms with Gasteiger partial charge in [0.15, 0.2) is 0 Å². The topological polar surface area (TPSA) is 77.8 Å². The number of benzene rings is 1. The summed E-state index contributed by atoms with van der Waals surface area (Å²) in [5, 5.41) is 2.72. The molecule has 1 amide bonds. The van der Waals surface area contributed by atoms with E-state index in [0.29, 0.717) is 18.7 Å². The Morgan fingerprint density at radius 2 is 2.08 bits per heavy atom. The monoisotopic (exact) mass is 347 g/mol. The molecule has 6 nitrogen and oxygen atoms in total. The zero-order valence-corrected chi connectivity index (χ0v) is 13.4. The standard InChI is InChI=1S/C18H18FNO5/c19-13-7-5-12(6-8-13)16(25-18(22)15-4-2-10-24-15)17(21)20-11-14-3-1-9-23-14/h2,4-8,10,14,16H,1,3,9,11H2,(H,20,21)/t14-,16+/m1/s1. The number of amides is 1. The molecule has 0 spiro atoms. The molecular weight excluding hydrogens is 329 g/mol. The van der Waals surface area contributed by atoms with E-state index >= 15 is 0 Å². The number of esters is 1. The first kappa shape index (κ1) is 17.2. The Labute approximate surface area is 143 Å². The van der Waals surface area contributed by atoms with E-state index in [1.54, 1.807) is 6.07 Å². The molecule has 1 aliphatic rings. The summed E-state index contributed by atoms with van der Waals surface area (Å²) >= 11 is 0. The van der Waals surface area contributed by atoms with Gasteiger partial charge in [-0.25, -0.2) is 9.18 Å². The average Bonchev–Trinajstić information content (AvgIpc) is 3.31. The molecule has 0 saturated carbocycles. The minimum atomic E-state index is -1.21. The highest BCUT2D eigenvalue weighted by Gasteiger charge is 2.28. The van der Waals surface area contributed by atoms with Gasteiger partial charge in [-0.3, -0.25) is 4.79 Å². The van der Waals surface area contributed by atoms with Crippen molar-refractivity contribution >= 4 is 11.9 Å². The number of nitrogens with one attached hydrogen (secondary N) is 1. The van der Waals surface area contributed by atoms with Gasteiger partial charge >= 0.3 is 5.97 Å². The largest absolute Gasteiger partial charge is 0.457 e. The van der Waals surface area contributed by atoms with E-state index in [4.69, 9.17) is 13.9 Å². The van der Waals surface area contributed by atoms with Crippen LogP contribution in [0.15, 0.2) is 47.1 Å².